The zero-order valence-electron chi connectivity index (χ0n) is 9.91. The van der Waals surface area contributed by atoms with Crippen LogP contribution in [-0.4, -0.2) is 20.4 Å². The second-order valence-corrected chi connectivity index (χ2v) is 3.84. The van der Waals surface area contributed by atoms with Crippen LogP contribution in [0.15, 0.2) is 41.3 Å². The van der Waals surface area contributed by atoms with Crippen LogP contribution in [0, 0.1) is 0 Å². The van der Waals surface area contributed by atoms with Crippen LogP contribution in [0.5, 0.6) is 5.75 Å². The molecule has 0 amide bonds. The average molecular weight is 257 g/mol. The Bertz CT molecular complexity index is 662. The summed E-state index contributed by atoms with van der Waals surface area (Å²) in [6.45, 7) is 0.317. The first-order chi connectivity index (χ1) is 9.33. The monoisotopic (exact) mass is 257 g/mol. The van der Waals surface area contributed by atoms with Gasteiger partial charge in [-0.15, -0.1) is 5.10 Å². The molecule has 0 aliphatic heterocycles. The van der Waals surface area contributed by atoms with E-state index in [1.165, 1.54) is 6.39 Å². The molecule has 0 aliphatic rings. The van der Waals surface area contributed by atoms with E-state index >= 15 is 0 Å². The quantitative estimate of drug-likeness (QED) is 0.736. The van der Waals surface area contributed by atoms with E-state index in [1.54, 1.807) is 6.20 Å². The van der Waals surface area contributed by atoms with Crippen LogP contribution in [0.4, 0.5) is 5.82 Å². The molecular weight excluding hydrogens is 246 g/mol. The zero-order chi connectivity index (χ0) is 13.1. The van der Waals surface area contributed by atoms with Gasteiger partial charge in [-0.25, -0.2) is 4.98 Å². The number of nitrogens with one attached hydrogen (secondary N) is 1. The van der Waals surface area contributed by atoms with Crippen molar-refractivity contribution < 1.29 is 9.15 Å². The lowest BCUT2D eigenvalue weighted by Gasteiger charge is -2.05. The number of benzene rings is 1. The number of H-pyrrole nitrogens is 1. The van der Waals surface area contributed by atoms with Crippen LogP contribution >= 0.6 is 0 Å². The molecule has 96 valence electrons. The molecular formula is C12H11N5O2. The van der Waals surface area contributed by atoms with E-state index in [1.807, 2.05) is 24.3 Å². The summed E-state index contributed by atoms with van der Waals surface area (Å²) in [4.78, 5) is 3.82. The minimum absolute atomic E-state index is 0.317. The molecule has 3 aromatic rings. The van der Waals surface area contributed by atoms with Gasteiger partial charge in [0.1, 0.15) is 18.1 Å². The largest absolute Gasteiger partial charge is 0.486 e. The smallest absolute Gasteiger partial charge is 0.181 e. The Hall–Kier alpha value is -2.83. The number of nitrogens with two attached hydrogens (primary N) is 1. The van der Waals surface area contributed by atoms with E-state index in [0.29, 0.717) is 29.6 Å². The highest BCUT2D eigenvalue weighted by Gasteiger charge is 2.08. The third-order valence-corrected chi connectivity index (χ3v) is 2.55. The lowest BCUT2D eigenvalue weighted by molar-refractivity contribution is 0.270. The Morgan fingerprint density at radius 1 is 1.32 bits per heavy atom. The van der Waals surface area contributed by atoms with Crippen LogP contribution in [0.2, 0.25) is 0 Å². The number of aromatic nitrogens is 4. The first-order valence-corrected chi connectivity index (χ1v) is 5.60. The molecule has 0 fully saturated rings. The van der Waals surface area contributed by atoms with Crippen molar-refractivity contribution >= 4 is 5.82 Å². The Labute approximate surface area is 108 Å². The fraction of sp³-hybridized carbons (Fsp3) is 0.0833. The molecule has 0 unspecified atom stereocenters. The van der Waals surface area contributed by atoms with E-state index in [0.717, 1.165) is 5.56 Å². The lowest BCUT2D eigenvalue weighted by atomic mass is 10.1. The predicted octanol–water partition coefficient (Wildman–Crippen LogP) is 1.62. The highest BCUT2D eigenvalue weighted by molar-refractivity contribution is 5.70. The fourth-order valence-electron chi connectivity index (χ4n) is 1.65. The number of nitrogens with zero attached hydrogens (tertiary/aromatic N) is 3. The van der Waals surface area contributed by atoms with Gasteiger partial charge in [0.2, 0.25) is 0 Å². The maximum atomic E-state index is 5.70. The van der Waals surface area contributed by atoms with Crippen molar-refractivity contribution in [1.29, 1.82) is 0 Å². The van der Waals surface area contributed by atoms with Gasteiger partial charge in [0.15, 0.2) is 18.0 Å². The summed E-state index contributed by atoms with van der Waals surface area (Å²) >= 11 is 0. The van der Waals surface area contributed by atoms with Gasteiger partial charge in [-0.2, -0.15) is 10.3 Å². The van der Waals surface area contributed by atoms with E-state index in [-0.39, 0.29) is 0 Å². The predicted molar refractivity (Wildman–Crippen MR) is 67.1 cm³/mol. The number of rotatable bonds is 4. The fourth-order valence-corrected chi connectivity index (χ4v) is 1.65. The molecule has 0 radical (unpaired) electrons. The van der Waals surface area contributed by atoms with Crippen LogP contribution in [0.3, 0.4) is 0 Å². The van der Waals surface area contributed by atoms with Crippen LogP contribution in [0.25, 0.3) is 11.3 Å². The first kappa shape index (κ1) is 11.3. The maximum Gasteiger partial charge on any atom is 0.181 e. The van der Waals surface area contributed by atoms with E-state index in [2.05, 4.69) is 20.4 Å². The van der Waals surface area contributed by atoms with E-state index in [4.69, 9.17) is 14.9 Å². The zero-order valence-corrected chi connectivity index (χ0v) is 9.91. The maximum absolute atomic E-state index is 5.70. The highest BCUT2D eigenvalue weighted by Crippen LogP contribution is 2.25. The van der Waals surface area contributed by atoms with Crippen molar-refractivity contribution in [2.45, 2.75) is 6.61 Å². The number of hydrogen-bond acceptors (Lipinski definition) is 6. The molecule has 0 atom stereocenters. The summed E-state index contributed by atoms with van der Waals surface area (Å²) in [5, 5.41) is 10.3. The molecule has 2 heterocycles. The van der Waals surface area contributed by atoms with Crippen molar-refractivity contribution in [1.82, 2.24) is 20.4 Å². The summed E-state index contributed by atoms with van der Waals surface area (Å²) in [5.41, 5.74) is 7.14. The molecule has 7 nitrogen and oxygen atoms in total. The first-order valence-electron chi connectivity index (χ1n) is 5.60. The number of aromatic amines is 1. The SMILES string of the molecule is Nc1n[nH]nc1-c1cccc(OCc2cnco2)c1. The Morgan fingerprint density at radius 3 is 3.00 bits per heavy atom. The van der Waals surface area contributed by atoms with E-state index < -0.39 is 0 Å². The molecule has 2 aromatic heterocycles. The number of ether oxygens (including phenoxy) is 1. The van der Waals surface area contributed by atoms with Gasteiger partial charge in [0.25, 0.3) is 0 Å². The third kappa shape index (κ3) is 2.39. The number of hydrogen-bond donors (Lipinski definition) is 2. The highest BCUT2D eigenvalue weighted by atomic mass is 16.5. The molecule has 0 spiro atoms. The summed E-state index contributed by atoms with van der Waals surface area (Å²) in [5.74, 6) is 1.70. The lowest BCUT2D eigenvalue weighted by Crippen LogP contribution is -1.94. The normalized spacial score (nSPS) is 10.5. The van der Waals surface area contributed by atoms with Crippen molar-refractivity contribution in [2.75, 3.05) is 5.73 Å². The molecule has 7 heteroatoms. The van der Waals surface area contributed by atoms with Gasteiger partial charge >= 0.3 is 0 Å². The van der Waals surface area contributed by atoms with Gasteiger partial charge < -0.3 is 14.9 Å². The second-order valence-electron chi connectivity index (χ2n) is 3.84. The van der Waals surface area contributed by atoms with Crippen molar-refractivity contribution in [3.63, 3.8) is 0 Å². The van der Waals surface area contributed by atoms with Crippen molar-refractivity contribution in [2.24, 2.45) is 0 Å². The standard InChI is InChI=1S/C12H11N5O2/c13-12-11(15-17-16-12)8-2-1-3-9(4-8)18-6-10-5-14-7-19-10/h1-5,7H,6H2,(H3,13,15,16,17). The van der Waals surface area contributed by atoms with Crippen LogP contribution < -0.4 is 10.5 Å². The Balaban J connectivity index is 1.78. The number of oxazole rings is 1. The van der Waals surface area contributed by atoms with Crippen LogP contribution in [0.1, 0.15) is 5.76 Å². The van der Waals surface area contributed by atoms with Gasteiger partial charge in [-0.1, -0.05) is 12.1 Å². The topological polar surface area (TPSA) is 103 Å². The summed E-state index contributed by atoms with van der Waals surface area (Å²) in [6.07, 6.45) is 2.98. The average Bonchev–Trinajstić information content (AvgIpc) is 3.08. The molecule has 19 heavy (non-hydrogen) atoms. The van der Waals surface area contributed by atoms with Gasteiger partial charge in [-0.05, 0) is 12.1 Å². The molecule has 1 aromatic carbocycles. The summed E-state index contributed by atoms with van der Waals surface area (Å²) < 4.78 is 10.7. The Kier molecular flexibility index (Phi) is 2.85. The molecule has 0 bridgehead atoms. The Morgan fingerprint density at radius 2 is 2.26 bits per heavy atom. The van der Waals surface area contributed by atoms with E-state index in [9.17, 15) is 0 Å². The van der Waals surface area contributed by atoms with Gasteiger partial charge in [-0.3, -0.25) is 0 Å². The molecule has 0 aliphatic carbocycles. The van der Waals surface area contributed by atoms with Gasteiger partial charge in [0, 0.05) is 5.56 Å². The molecule has 3 rings (SSSR count). The van der Waals surface area contributed by atoms with Gasteiger partial charge in [0.05, 0.1) is 6.20 Å². The molecule has 0 saturated carbocycles. The number of nitrogen functional groups attached to an aromatic ring is 1. The molecule has 3 N–H and O–H groups in total. The third-order valence-electron chi connectivity index (χ3n) is 2.55. The summed E-state index contributed by atoms with van der Waals surface area (Å²) in [7, 11) is 0. The second kappa shape index (κ2) is 4.81. The van der Waals surface area contributed by atoms with Crippen molar-refractivity contribution in [3.05, 3.63) is 42.6 Å². The minimum Gasteiger partial charge on any atom is -0.486 e. The minimum atomic E-state index is 0.317. The van der Waals surface area contributed by atoms with Crippen molar-refractivity contribution in [3.8, 4) is 17.0 Å². The molecule has 0 saturated heterocycles. The summed E-state index contributed by atoms with van der Waals surface area (Å²) in [6, 6.07) is 7.43. The number of anilines is 1. The van der Waals surface area contributed by atoms with Crippen LogP contribution in [-0.2, 0) is 6.61 Å².